The topological polar surface area (TPSA) is 69.5 Å². The average molecular weight is 335 g/mol. The molecule has 0 bridgehead atoms. The Morgan fingerprint density at radius 3 is 2.62 bits per heavy atom. The van der Waals surface area contributed by atoms with Crippen LogP contribution in [0.3, 0.4) is 0 Å². The van der Waals surface area contributed by atoms with E-state index < -0.39 is 5.92 Å². The van der Waals surface area contributed by atoms with E-state index in [-0.39, 0.29) is 11.0 Å². The molecule has 0 fully saturated rings. The number of nitriles is 1. The minimum atomic E-state index is -0.865. The van der Waals surface area contributed by atoms with Gasteiger partial charge in [0.05, 0.1) is 22.4 Å². The number of Topliss-reactive ketones (excluding diaryl/α,β-unsaturated/α-hetero) is 1. The van der Waals surface area contributed by atoms with Crippen LogP contribution in [0.4, 0.5) is 0 Å². The lowest BCUT2D eigenvalue weighted by Gasteiger charge is -2.13. The molecule has 0 radical (unpaired) electrons. The van der Waals surface area contributed by atoms with Gasteiger partial charge in [0, 0.05) is 5.75 Å². The Morgan fingerprint density at radius 2 is 1.92 bits per heavy atom. The molecule has 0 saturated heterocycles. The summed E-state index contributed by atoms with van der Waals surface area (Å²) in [5.41, 5.74) is 2.77. The normalized spacial score (nSPS) is 13.3. The summed E-state index contributed by atoms with van der Waals surface area (Å²) in [6, 6.07) is 19.6. The predicted octanol–water partition coefficient (Wildman–Crippen LogP) is 4.06. The number of nitrogens with one attached hydrogen (secondary N) is 1. The van der Waals surface area contributed by atoms with Gasteiger partial charge in [0.1, 0.15) is 5.82 Å². The molecule has 120 valence electrons. The number of imidazole rings is 1. The number of hydrogen-bond donors (Lipinski definition) is 1. The first-order valence-corrected chi connectivity index (χ1v) is 8.77. The third-order valence-electron chi connectivity index (χ3n) is 3.84. The SMILES string of the molecule is C[C@H](SCc1ccccc1)C(=O)[C@H](C#N)c1nc2ccccc2[nH]1. The molecular weight excluding hydrogens is 318 g/mol. The molecule has 2 atom stereocenters. The van der Waals surface area contributed by atoms with Gasteiger partial charge >= 0.3 is 0 Å². The highest BCUT2D eigenvalue weighted by molar-refractivity contribution is 7.99. The van der Waals surface area contributed by atoms with Crippen LogP contribution in [0.15, 0.2) is 54.6 Å². The van der Waals surface area contributed by atoms with Gasteiger partial charge in [0.15, 0.2) is 11.7 Å². The number of aromatic nitrogens is 2. The molecule has 1 N–H and O–H groups in total. The van der Waals surface area contributed by atoms with E-state index in [9.17, 15) is 10.1 Å². The van der Waals surface area contributed by atoms with Crippen molar-refractivity contribution in [1.29, 1.82) is 5.26 Å². The summed E-state index contributed by atoms with van der Waals surface area (Å²) in [7, 11) is 0. The zero-order chi connectivity index (χ0) is 16.9. The maximum absolute atomic E-state index is 12.7. The summed E-state index contributed by atoms with van der Waals surface area (Å²) in [5.74, 6) is 0.190. The van der Waals surface area contributed by atoms with Gasteiger partial charge in [-0.1, -0.05) is 42.5 Å². The molecule has 0 aliphatic heterocycles. The number of nitrogens with zero attached hydrogens (tertiary/aromatic N) is 2. The van der Waals surface area contributed by atoms with Gasteiger partial charge in [-0.25, -0.2) is 4.98 Å². The van der Waals surface area contributed by atoms with E-state index in [1.807, 2.05) is 61.5 Å². The number of ketones is 1. The number of para-hydroxylation sites is 2. The zero-order valence-electron chi connectivity index (χ0n) is 13.3. The molecule has 1 heterocycles. The fourth-order valence-corrected chi connectivity index (χ4v) is 3.42. The predicted molar refractivity (Wildman–Crippen MR) is 96.7 cm³/mol. The first-order chi connectivity index (χ1) is 11.7. The number of rotatable bonds is 6. The molecule has 3 aromatic rings. The second kappa shape index (κ2) is 7.33. The molecule has 3 rings (SSSR count). The van der Waals surface area contributed by atoms with E-state index in [4.69, 9.17) is 0 Å². The summed E-state index contributed by atoms with van der Waals surface area (Å²) in [6.45, 7) is 1.85. The zero-order valence-corrected chi connectivity index (χ0v) is 14.1. The van der Waals surface area contributed by atoms with Crippen LogP contribution in [0, 0.1) is 11.3 Å². The number of carbonyl (C=O) groups excluding carboxylic acids is 1. The van der Waals surface area contributed by atoms with Gasteiger partial charge in [-0.15, -0.1) is 11.8 Å². The Kier molecular flexibility index (Phi) is 4.97. The quantitative estimate of drug-likeness (QED) is 0.737. The van der Waals surface area contributed by atoms with Crippen molar-refractivity contribution in [2.75, 3.05) is 0 Å². The summed E-state index contributed by atoms with van der Waals surface area (Å²) < 4.78 is 0. The molecular formula is C19H17N3OS. The molecule has 0 amide bonds. The molecule has 5 heteroatoms. The third-order valence-corrected chi connectivity index (χ3v) is 5.07. The van der Waals surface area contributed by atoms with Crippen molar-refractivity contribution in [2.24, 2.45) is 0 Å². The van der Waals surface area contributed by atoms with Crippen molar-refractivity contribution in [3.8, 4) is 6.07 Å². The van der Waals surface area contributed by atoms with Crippen molar-refractivity contribution >= 4 is 28.6 Å². The van der Waals surface area contributed by atoms with Crippen LogP contribution in [0.25, 0.3) is 11.0 Å². The molecule has 0 spiro atoms. The van der Waals surface area contributed by atoms with Crippen LogP contribution in [0.1, 0.15) is 24.2 Å². The molecule has 0 aliphatic rings. The number of thioether (sulfide) groups is 1. The maximum atomic E-state index is 12.7. The van der Waals surface area contributed by atoms with Crippen molar-refractivity contribution in [3.63, 3.8) is 0 Å². The van der Waals surface area contributed by atoms with Gasteiger partial charge in [-0.2, -0.15) is 5.26 Å². The average Bonchev–Trinajstić information content (AvgIpc) is 3.04. The van der Waals surface area contributed by atoms with Crippen LogP contribution < -0.4 is 0 Å². The van der Waals surface area contributed by atoms with E-state index >= 15 is 0 Å². The Labute approximate surface area is 144 Å². The van der Waals surface area contributed by atoms with Crippen LogP contribution >= 0.6 is 11.8 Å². The van der Waals surface area contributed by atoms with Crippen LogP contribution in [0.2, 0.25) is 0 Å². The molecule has 2 aromatic carbocycles. The minimum absolute atomic E-state index is 0.113. The smallest absolute Gasteiger partial charge is 0.170 e. The molecule has 24 heavy (non-hydrogen) atoms. The number of H-pyrrole nitrogens is 1. The van der Waals surface area contributed by atoms with E-state index in [0.717, 1.165) is 16.8 Å². The van der Waals surface area contributed by atoms with Crippen LogP contribution in [0.5, 0.6) is 0 Å². The van der Waals surface area contributed by atoms with E-state index in [0.29, 0.717) is 5.82 Å². The van der Waals surface area contributed by atoms with E-state index in [1.54, 1.807) is 11.8 Å². The lowest BCUT2D eigenvalue weighted by Crippen LogP contribution is -2.22. The largest absolute Gasteiger partial charge is 0.340 e. The van der Waals surface area contributed by atoms with Crippen molar-refractivity contribution < 1.29 is 4.79 Å². The Morgan fingerprint density at radius 1 is 1.21 bits per heavy atom. The Hall–Kier alpha value is -2.58. The highest BCUT2D eigenvalue weighted by Crippen LogP contribution is 2.25. The summed E-state index contributed by atoms with van der Waals surface area (Å²) in [6.07, 6.45) is 0. The fraction of sp³-hybridized carbons (Fsp3) is 0.211. The number of fused-ring (bicyclic) bond motifs is 1. The van der Waals surface area contributed by atoms with Gasteiger partial charge in [0.25, 0.3) is 0 Å². The van der Waals surface area contributed by atoms with Crippen molar-refractivity contribution in [1.82, 2.24) is 9.97 Å². The van der Waals surface area contributed by atoms with Crippen LogP contribution in [-0.4, -0.2) is 21.0 Å². The van der Waals surface area contributed by atoms with Crippen molar-refractivity contribution in [3.05, 3.63) is 66.0 Å². The number of benzene rings is 2. The molecule has 1 aromatic heterocycles. The lowest BCUT2D eigenvalue weighted by molar-refractivity contribution is -0.118. The number of carbonyl (C=O) groups is 1. The second-order valence-corrected chi connectivity index (χ2v) is 6.87. The summed E-state index contributed by atoms with van der Waals surface area (Å²) in [4.78, 5) is 20.2. The van der Waals surface area contributed by atoms with Gasteiger partial charge in [-0.3, -0.25) is 4.79 Å². The lowest BCUT2D eigenvalue weighted by atomic mass is 10.0. The third kappa shape index (κ3) is 3.50. The highest BCUT2D eigenvalue weighted by atomic mass is 32.2. The van der Waals surface area contributed by atoms with E-state index in [1.165, 1.54) is 5.56 Å². The molecule has 0 saturated carbocycles. The van der Waals surface area contributed by atoms with Gasteiger partial charge < -0.3 is 4.98 Å². The summed E-state index contributed by atoms with van der Waals surface area (Å²) >= 11 is 1.54. The fourth-order valence-electron chi connectivity index (χ4n) is 2.48. The maximum Gasteiger partial charge on any atom is 0.170 e. The Bertz CT molecular complexity index is 849. The molecule has 4 nitrogen and oxygen atoms in total. The number of aromatic amines is 1. The molecule has 0 unspecified atom stereocenters. The van der Waals surface area contributed by atoms with Crippen molar-refractivity contribution in [2.45, 2.75) is 23.8 Å². The van der Waals surface area contributed by atoms with E-state index in [2.05, 4.69) is 16.0 Å². The minimum Gasteiger partial charge on any atom is -0.340 e. The monoisotopic (exact) mass is 335 g/mol. The first kappa shape index (κ1) is 16.3. The standard InChI is InChI=1S/C19H17N3OS/c1-13(24-12-14-7-3-2-4-8-14)18(23)15(11-20)19-21-16-9-5-6-10-17(16)22-19/h2-10,13,15H,12H2,1H3,(H,21,22)/t13-,15-/m0/s1. The second-order valence-electron chi connectivity index (χ2n) is 5.54. The highest BCUT2D eigenvalue weighted by Gasteiger charge is 2.28. The Balaban J connectivity index is 1.72. The van der Waals surface area contributed by atoms with Crippen LogP contribution in [-0.2, 0) is 10.5 Å². The first-order valence-electron chi connectivity index (χ1n) is 7.72. The molecule has 0 aliphatic carbocycles. The number of hydrogen-bond acceptors (Lipinski definition) is 4. The van der Waals surface area contributed by atoms with Gasteiger partial charge in [0.2, 0.25) is 0 Å². The van der Waals surface area contributed by atoms with Gasteiger partial charge in [-0.05, 0) is 24.6 Å². The summed E-state index contributed by atoms with van der Waals surface area (Å²) in [5, 5.41) is 9.19.